The van der Waals surface area contributed by atoms with Gasteiger partial charge in [0.05, 0.1) is 13.0 Å². The zero-order chi connectivity index (χ0) is 10.8. The first-order valence-electron chi connectivity index (χ1n) is 5.18. The highest BCUT2D eigenvalue weighted by atomic mass is 16.5. The number of unbranched alkanes of at least 4 members (excludes halogenated alkanes) is 3. The summed E-state index contributed by atoms with van der Waals surface area (Å²) in [5, 5.41) is 17.0. The summed E-state index contributed by atoms with van der Waals surface area (Å²) in [4.78, 5) is 10.9. The second-order valence-corrected chi connectivity index (χ2v) is 3.30. The van der Waals surface area contributed by atoms with E-state index < -0.39 is 6.29 Å². The highest BCUT2D eigenvalue weighted by molar-refractivity contribution is 5.69. The van der Waals surface area contributed by atoms with Crippen LogP contribution in [0.25, 0.3) is 0 Å². The summed E-state index contributed by atoms with van der Waals surface area (Å²) in [7, 11) is 0. The van der Waals surface area contributed by atoms with E-state index >= 15 is 0 Å². The Morgan fingerprint density at radius 1 is 1.29 bits per heavy atom. The summed E-state index contributed by atoms with van der Waals surface area (Å²) < 4.78 is 4.88. The van der Waals surface area contributed by atoms with Crippen LogP contribution in [-0.2, 0) is 9.53 Å². The lowest BCUT2D eigenvalue weighted by Gasteiger charge is -2.05. The fourth-order valence-electron chi connectivity index (χ4n) is 1.03. The van der Waals surface area contributed by atoms with E-state index in [0.717, 1.165) is 25.7 Å². The molecule has 4 nitrogen and oxygen atoms in total. The molecule has 14 heavy (non-hydrogen) atoms. The van der Waals surface area contributed by atoms with Crippen molar-refractivity contribution in [2.45, 2.75) is 51.7 Å². The monoisotopic (exact) mass is 204 g/mol. The Balaban J connectivity index is 3.18. The van der Waals surface area contributed by atoms with Crippen molar-refractivity contribution in [3.8, 4) is 0 Å². The molecule has 0 spiro atoms. The molecule has 0 aliphatic heterocycles. The van der Waals surface area contributed by atoms with Crippen LogP contribution in [0.3, 0.4) is 0 Å². The molecule has 0 fully saturated rings. The minimum Gasteiger partial charge on any atom is -0.466 e. The first kappa shape index (κ1) is 13.4. The van der Waals surface area contributed by atoms with Gasteiger partial charge in [-0.05, 0) is 6.42 Å². The molecule has 84 valence electrons. The van der Waals surface area contributed by atoms with E-state index in [1.165, 1.54) is 0 Å². The SMILES string of the molecule is CCCCCCOC(=O)CCC(O)O. The van der Waals surface area contributed by atoms with Crippen LogP contribution in [0, 0.1) is 0 Å². The molecule has 0 rings (SSSR count). The predicted octanol–water partition coefficient (Wildman–Crippen LogP) is 1.20. The molecular weight excluding hydrogens is 184 g/mol. The minimum absolute atomic E-state index is 0.0494. The highest BCUT2D eigenvalue weighted by Crippen LogP contribution is 2.01. The number of carbonyl (C=O) groups excluding carboxylic acids is 1. The minimum atomic E-state index is -1.41. The molecule has 0 amide bonds. The molecule has 0 saturated carbocycles. The molecule has 4 heteroatoms. The molecule has 0 aromatic rings. The van der Waals surface area contributed by atoms with Gasteiger partial charge in [0.1, 0.15) is 0 Å². The summed E-state index contributed by atoms with van der Waals surface area (Å²) in [6.07, 6.45) is 2.99. The second kappa shape index (κ2) is 8.97. The summed E-state index contributed by atoms with van der Waals surface area (Å²) in [5.74, 6) is -0.352. The number of rotatable bonds is 8. The maximum atomic E-state index is 10.9. The third-order valence-corrected chi connectivity index (χ3v) is 1.87. The quantitative estimate of drug-likeness (QED) is 0.354. The van der Waals surface area contributed by atoms with Crippen LogP contribution in [0.1, 0.15) is 45.4 Å². The number of aliphatic hydroxyl groups excluding tert-OH is 1. The van der Waals surface area contributed by atoms with E-state index in [2.05, 4.69) is 6.92 Å². The fourth-order valence-corrected chi connectivity index (χ4v) is 1.03. The van der Waals surface area contributed by atoms with E-state index in [9.17, 15) is 4.79 Å². The first-order valence-corrected chi connectivity index (χ1v) is 5.18. The highest BCUT2D eigenvalue weighted by Gasteiger charge is 2.05. The van der Waals surface area contributed by atoms with Gasteiger partial charge in [-0.2, -0.15) is 0 Å². The predicted molar refractivity (Wildman–Crippen MR) is 52.6 cm³/mol. The van der Waals surface area contributed by atoms with Gasteiger partial charge in [0.15, 0.2) is 6.29 Å². The summed E-state index contributed by atoms with van der Waals surface area (Å²) in [6.45, 7) is 2.56. The van der Waals surface area contributed by atoms with Crippen LogP contribution in [0.15, 0.2) is 0 Å². The van der Waals surface area contributed by atoms with Gasteiger partial charge in [0.25, 0.3) is 0 Å². The third kappa shape index (κ3) is 9.48. The Morgan fingerprint density at radius 2 is 2.00 bits per heavy atom. The molecule has 2 N–H and O–H groups in total. The third-order valence-electron chi connectivity index (χ3n) is 1.87. The normalized spacial score (nSPS) is 10.6. The summed E-state index contributed by atoms with van der Waals surface area (Å²) >= 11 is 0. The second-order valence-electron chi connectivity index (χ2n) is 3.30. The number of esters is 1. The van der Waals surface area contributed by atoms with Crippen molar-refractivity contribution in [2.75, 3.05) is 6.61 Å². The molecule has 0 atom stereocenters. The van der Waals surface area contributed by atoms with Gasteiger partial charge < -0.3 is 14.9 Å². The van der Waals surface area contributed by atoms with Crippen molar-refractivity contribution in [2.24, 2.45) is 0 Å². The van der Waals surface area contributed by atoms with Gasteiger partial charge in [0.2, 0.25) is 0 Å². The van der Waals surface area contributed by atoms with Crippen LogP contribution in [0.4, 0.5) is 0 Å². The largest absolute Gasteiger partial charge is 0.466 e. The lowest BCUT2D eigenvalue weighted by atomic mass is 10.2. The van der Waals surface area contributed by atoms with Crippen molar-refractivity contribution in [3.05, 3.63) is 0 Å². The Morgan fingerprint density at radius 3 is 2.57 bits per heavy atom. The average Bonchev–Trinajstić information content (AvgIpc) is 2.14. The lowest BCUT2D eigenvalue weighted by molar-refractivity contribution is -0.146. The number of carbonyl (C=O) groups is 1. The molecule has 0 saturated heterocycles. The van der Waals surface area contributed by atoms with E-state index in [1.807, 2.05) is 0 Å². The van der Waals surface area contributed by atoms with Gasteiger partial charge in [-0.3, -0.25) is 4.79 Å². The van der Waals surface area contributed by atoms with Crippen LogP contribution in [0.5, 0.6) is 0 Å². The van der Waals surface area contributed by atoms with Crippen molar-refractivity contribution < 1.29 is 19.7 Å². The van der Waals surface area contributed by atoms with Crippen molar-refractivity contribution in [1.29, 1.82) is 0 Å². The summed E-state index contributed by atoms with van der Waals surface area (Å²) in [6, 6.07) is 0. The topological polar surface area (TPSA) is 66.8 Å². The number of hydrogen-bond acceptors (Lipinski definition) is 4. The van der Waals surface area contributed by atoms with Crippen LogP contribution in [-0.4, -0.2) is 29.1 Å². The lowest BCUT2D eigenvalue weighted by Crippen LogP contribution is -2.11. The molecule has 0 aromatic carbocycles. The molecule has 0 heterocycles. The fraction of sp³-hybridized carbons (Fsp3) is 0.900. The van der Waals surface area contributed by atoms with E-state index in [-0.39, 0.29) is 18.8 Å². The van der Waals surface area contributed by atoms with Crippen molar-refractivity contribution >= 4 is 5.97 Å². The van der Waals surface area contributed by atoms with Crippen LogP contribution < -0.4 is 0 Å². The Labute approximate surface area is 84.9 Å². The average molecular weight is 204 g/mol. The van der Waals surface area contributed by atoms with Crippen LogP contribution in [0.2, 0.25) is 0 Å². The zero-order valence-corrected chi connectivity index (χ0v) is 8.74. The Bertz CT molecular complexity index is 145. The maximum absolute atomic E-state index is 10.9. The molecule has 0 aromatic heterocycles. The number of hydrogen-bond donors (Lipinski definition) is 2. The molecule has 0 bridgehead atoms. The standard InChI is InChI=1S/C10H20O4/c1-2-3-4-5-8-14-10(13)7-6-9(11)12/h9,11-12H,2-8H2,1H3. The maximum Gasteiger partial charge on any atom is 0.305 e. The molecule has 0 aliphatic rings. The smallest absolute Gasteiger partial charge is 0.305 e. The number of ether oxygens (including phenoxy) is 1. The summed E-state index contributed by atoms with van der Waals surface area (Å²) in [5.41, 5.74) is 0. The van der Waals surface area contributed by atoms with Gasteiger partial charge in [-0.1, -0.05) is 26.2 Å². The van der Waals surface area contributed by atoms with E-state index in [1.54, 1.807) is 0 Å². The van der Waals surface area contributed by atoms with E-state index in [0.29, 0.717) is 6.61 Å². The Hall–Kier alpha value is -0.610. The van der Waals surface area contributed by atoms with Crippen molar-refractivity contribution in [1.82, 2.24) is 0 Å². The van der Waals surface area contributed by atoms with E-state index in [4.69, 9.17) is 14.9 Å². The number of aliphatic hydroxyl groups is 2. The van der Waals surface area contributed by atoms with Gasteiger partial charge in [-0.25, -0.2) is 0 Å². The molecular formula is C10H20O4. The molecule has 0 radical (unpaired) electrons. The van der Waals surface area contributed by atoms with Gasteiger partial charge in [0, 0.05) is 6.42 Å². The van der Waals surface area contributed by atoms with Gasteiger partial charge >= 0.3 is 5.97 Å². The molecule has 0 unspecified atom stereocenters. The first-order chi connectivity index (χ1) is 6.66. The van der Waals surface area contributed by atoms with Crippen LogP contribution >= 0.6 is 0 Å². The Kier molecular flexibility index (Phi) is 8.57. The van der Waals surface area contributed by atoms with Crippen molar-refractivity contribution in [3.63, 3.8) is 0 Å². The van der Waals surface area contributed by atoms with Gasteiger partial charge in [-0.15, -0.1) is 0 Å². The molecule has 0 aliphatic carbocycles. The zero-order valence-electron chi connectivity index (χ0n) is 8.74.